The van der Waals surface area contributed by atoms with E-state index in [-0.39, 0.29) is 0 Å². The van der Waals surface area contributed by atoms with Crippen LogP contribution in [0.4, 0.5) is 0 Å². The van der Waals surface area contributed by atoms with Crippen molar-refractivity contribution in [1.82, 2.24) is 0 Å². The van der Waals surface area contributed by atoms with Gasteiger partial charge in [0.1, 0.15) is 0 Å². The summed E-state index contributed by atoms with van der Waals surface area (Å²) in [7, 11) is 0. The maximum Gasteiger partial charge on any atom is 0.0108 e. The van der Waals surface area contributed by atoms with E-state index in [4.69, 9.17) is 0 Å². The first-order valence-corrected chi connectivity index (χ1v) is 6.19. The smallest absolute Gasteiger partial charge is 0.0108 e. The molecule has 0 unspecified atom stereocenters. The average molecular weight is 194 g/mol. The first-order chi connectivity index (χ1) is 6.24. The number of hydrogen-bond donors (Lipinski definition) is 0. The van der Waals surface area contributed by atoms with E-state index in [9.17, 15) is 0 Å². The number of fused-ring (bicyclic) bond motifs is 1. The number of thiophene rings is 1. The van der Waals surface area contributed by atoms with Gasteiger partial charge in [-0.3, -0.25) is 0 Å². The van der Waals surface area contributed by atoms with Crippen LogP contribution in [0.15, 0.2) is 0 Å². The molecule has 72 valence electrons. The lowest BCUT2D eigenvalue weighted by Crippen LogP contribution is -1.92. The Morgan fingerprint density at radius 1 is 1.31 bits per heavy atom. The van der Waals surface area contributed by atoms with Crippen LogP contribution in [0.25, 0.3) is 0 Å². The minimum atomic E-state index is 0.727. The van der Waals surface area contributed by atoms with Gasteiger partial charge in [-0.25, -0.2) is 0 Å². The van der Waals surface area contributed by atoms with Crippen molar-refractivity contribution in [3.63, 3.8) is 0 Å². The van der Waals surface area contributed by atoms with E-state index in [2.05, 4.69) is 32.1 Å². The molecule has 1 aliphatic carbocycles. The lowest BCUT2D eigenvalue weighted by atomic mass is 10.0. The maximum atomic E-state index is 2.32. The fourth-order valence-corrected chi connectivity index (χ4v) is 3.83. The molecule has 1 heteroatoms. The molecule has 0 amide bonds. The van der Waals surface area contributed by atoms with Crippen LogP contribution in [0.1, 0.15) is 54.0 Å². The van der Waals surface area contributed by atoms with Gasteiger partial charge in [-0.2, -0.15) is 0 Å². The van der Waals surface area contributed by atoms with Crippen molar-refractivity contribution in [2.75, 3.05) is 0 Å². The summed E-state index contributed by atoms with van der Waals surface area (Å²) in [4.78, 5) is 3.35. The normalized spacial score (nSPS) is 15.4. The zero-order valence-corrected chi connectivity index (χ0v) is 9.63. The monoisotopic (exact) mass is 194 g/mol. The first-order valence-electron chi connectivity index (χ1n) is 5.37. The largest absolute Gasteiger partial charge is 0.145 e. The SMILES string of the molecule is CCc1c(C(C)C)sc2c1CCC2. The fraction of sp³-hybridized carbons (Fsp3) is 0.667. The molecule has 0 fully saturated rings. The predicted octanol–water partition coefficient (Wildman–Crippen LogP) is 3.92. The molecular formula is C12H18S. The zero-order chi connectivity index (χ0) is 9.42. The highest BCUT2D eigenvalue weighted by molar-refractivity contribution is 7.12. The zero-order valence-electron chi connectivity index (χ0n) is 8.81. The highest BCUT2D eigenvalue weighted by Gasteiger charge is 2.21. The molecule has 0 radical (unpaired) electrons. The minimum Gasteiger partial charge on any atom is -0.145 e. The number of hydrogen-bond acceptors (Lipinski definition) is 1. The summed E-state index contributed by atoms with van der Waals surface area (Å²) < 4.78 is 0. The predicted molar refractivity (Wildman–Crippen MR) is 59.8 cm³/mol. The lowest BCUT2D eigenvalue weighted by molar-refractivity contribution is 0.853. The van der Waals surface area contributed by atoms with Gasteiger partial charge in [0, 0.05) is 9.75 Å². The molecule has 0 saturated heterocycles. The molecule has 1 aromatic rings. The van der Waals surface area contributed by atoms with Crippen molar-refractivity contribution < 1.29 is 0 Å². The van der Waals surface area contributed by atoms with E-state index in [1.807, 2.05) is 0 Å². The summed E-state index contributed by atoms with van der Waals surface area (Å²) in [5, 5.41) is 0. The maximum absolute atomic E-state index is 2.32. The average Bonchev–Trinajstić information content (AvgIpc) is 2.60. The Morgan fingerprint density at radius 3 is 2.69 bits per heavy atom. The van der Waals surface area contributed by atoms with Gasteiger partial charge in [-0.15, -0.1) is 11.3 Å². The third-order valence-electron chi connectivity index (χ3n) is 2.94. The molecule has 13 heavy (non-hydrogen) atoms. The molecule has 0 atom stereocenters. The third-order valence-corrected chi connectivity index (χ3v) is 4.57. The first kappa shape index (κ1) is 9.26. The Balaban J connectivity index is 2.47. The Kier molecular flexibility index (Phi) is 2.46. The van der Waals surface area contributed by atoms with Crippen LogP contribution in [-0.2, 0) is 19.3 Å². The van der Waals surface area contributed by atoms with Crippen LogP contribution in [-0.4, -0.2) is 0 Å². The second-order valence-electron chi connectivity index (χ2n) is 4.21. The molecule has 0 nitrogen and oxygen atoms in total. The van der Waals surface area contributed by atoms with E-state index in [0.29, 0.717) is 0 Å². The van der Waals surface area contributed by atoms with Gasteiger partial charge in [-0.05, 0) is 42.7 Å². The van der Waals surface area contributed by atoms with Crippen LogP contribution in [0, 0.1) is 0 Å². The minimum absolute atomic E-state index is 0.727. The number of aryl methyl sites for hydroxylation is 1. The summed E-state index contributed by atoms with van der Waals surface area (Å²) in [5.41, 5.74) is 3.41. The molecule has 0 bridgehead atoms. The van der Waals surface area contributed by atoms with Gasteiger partial charge in [0.2, 0.25) is 0 Å². The van der Waals surface area contributed by atoms with Crippen molar-refractivity contribution in [2.24, 2.45) is 0 Å². The van der Waals surface area contributed by atoms with Crippen LogP contribution in [0.3, 0.4) is 0 Å². The van der Waals surface area contributed by atoms with E-state index in [1.165, 1.54) is 25.7 Å². The van der Waals surface area contributed by atoms with Gasteiger partial charge in [-0.1, -0.05) is 20.8 Å². The van der Waals surface area contributed by atoms with Crippen molar-refractivity contribution in [1.29, 1.82) is 0 Å². The van der Waals surface area contributed by atoms with E-state index in [1.54, 1.807) is 20.9 Å². The lowest BCUT2D eigenvalue weighted by Gasteiger charge is -2.06. The summed E-state index contributed by atoms with van der Waals surface area (Å²) in [6.07, 6.45) is 5.33. The van der Waals surface area contributed by atoms with E-state index < -0.39 is 0 Å². The van der Waals surface area contributed by atoms with Crippen molar-refractivity contribution >= 4 is 11.3 Å². The Morgan fingerprint density at radius 2 is 2.08 bits per heavy atom. The highest BCUT2D eigenvalue weighted by atomic mass is 32.1. The molecule has 0 aliphatic heterocycles. The van der Waals surface area contributed by atoms with Crippen molar-refractivity contribution in [3.05, 3.63) is 20.9 Å². The second-order valence-corrected chi connectivity index (χ2v) is 5.35. The topological polar surface area (TPSA) is 0 Å². The summed E-state index contributed by atoms with van der Waals surface area (Å²) in [5.74, 6) is 0.727. The molecule has 2 rings (SSSR count). The van der Waals surface area contributed by atoms with Gasteiger partial charge < -0.3 is 0 Å². The highest BCUT2D eigenvalue weighted by Crippen LogP contribution is 2.39. The van der Waals surface area contributed by atoms with Crippen molar-refractivity contribution in [2.45, 2.75) is 52.4 Å². The molecule has 0 saturated carbocycles. The van der Waals surface area contributed by atoms with E-state index in [0.717, 1.165) is 5.92 Å². The molecule has 0 spiro atoms. The summed E-state index contributed by atoms with van der Waals surface area (Å²) >= 11 is 2.08. The summed E-state index contributed by atoms with van der Waals surface area (Å²) in [6, 6.07) is 0. The second kappa shape index (κ2) is 3.45. The molecule has 1 heterocycles. The van der Waals surface area contributed by atoms with E-state index >= 15 is 0 Å². The Hall–Kier alpha value is -0.300. The molecular weight excluding hydrogens is 176 g/mol. The van der Waals surface area contributed by atoms with Gasteiger partial charge in [0.15, 0.2) is 0 Å². The Labute approximate surface area is 85.0 Å². The van der Waals surface area contributed by atoms with Gasteiger partial charge >= 0.3 is 0 Å². The quantitative estimate of drug-likeness (QED) is 0.669. The molecule has 0 N–H and O–H groups in total. The fourth-order valence-electron chi connectivity index (χ4n) is 2.34. The Bertz CT molecular complexity index is 307. The van der Waals surface area contributed by atoms with Crippen molar-refractivity contribution in [3.8, 4) is 0 Å². The van der Waals surface area contributed by atoms with Crippen LogP contribution >= 0.6 is 11.3 Å². The molecule has 1 aliphatic rings. The third kappa shape index (κ3) is 1.43. The van der Waals surface area contributed by atoms with Crippen LogP contribution < -0.4 is 0 Å². The van der Waals surface area contributed by atoms with Crippen LogP contribution in [0.5, 0.6) is 0 Å². The molecule has 1 aromatic heterocycles. The van der Waals surface area contributed by atoms with Crippen LogP contribution in [0.2, 0.25) is 0 Å². The van der Waals surface area contributed by atoms with Gasteiger partial charge in [0.25, 0.3) is 0 Å². The van der Waals surface area contributed by atoms with Gasteiger partial charge in [0.05, 0.1) is 0 Å². The standard InChI is InChI=1S/C12H18S/c1-4-9-10-6-5-7-11(10)13-12(9)8(2)3/h8H,4-7H2,1-3H3. The summed E-state index contributed by atoms with van der Waals surface area (Å²) in [6.45, 7) is 6.94. The number of rotatable bonds is 2. The molecule has 0 aromatic carbocycles.